The molecule has 1 aromatic carbocycles. The number of rotatable bonds is 1. The summed E-state index contributed by atoms with van der Waals surface area (Å²) in [6.07, 6.45) is -2.39. The molecular weight excluding hydrogens is 233 g/mol. The van der Waals surface area contributed by atoms with Gasteiger partial charge in [-0.1, -0.05) is 11.6 Å². The molecule has 2 rings (SSSR count). The molecule has 1 heterocycles. The van der Waals surface area contributed by atoms with E-state index in [0.29, 0.717) is 11.0 Å². The third-order valence-corrected chi connectivity index (χ3v) is 2.09. The Kier molecular flexibility index (Phi) is 2.26. The van der Waals surface area contributed by atoms with Crippen LogP contribution in [0.2, 0.25) is 5.02 Å². The second-order valence-electron chi connectivity index (χ2n) is 2.70. The molecule has 2 nitrogen and oxygen atoms in total. The highest BCUT2D eigenvalue weighted by Gasteiger charge is 2.32. The first kappa shape index (κ1) is 10.2. The summed E-state index contributed by atoms with van der Waals surface area (Å²) in [6, 6.07) is 3.77. The molecule has 0 N–H and O–H groups in total. The Morgan fingerprint density at radius 1 is 1.33 bits per heavy atom. The second-order valence-corrected chi connectivity index (χ2v) is 3.08. The van der Waals surface area contributed by atoms with Crippen LogP contribution in [0.5, 0.6) is 5.75 Å². The third kappa shape index (κ3) is 2.02. The number of alkyl halides is 3. The standard InChI is InChI=1S/C9H3ClF3O2/c10-8-5-3-4-14-6(5)1-2-7(8)15-9(11,12)13/h1-3H. The number of hydrogen-bond acceptors (Lipinski definition) is 2. The van der Waals surface area contributed by atoms with Crippen molar-refractivity contribution in [2.24, 2.45) is 0 Å². The smallest absolute Gasteiger partial charge is 0.453 e. The lowest BCUT2D eigenvalue weighted by atomic mass is 10.2. The van der Waals surface area contributed by atoms with Gasteiger partial charge in [0.2, 0.25) is 0 Å². The molecule has 79 valence electrons. The Balaban J connectivity index is 2.48. The van der Waals surface area contributed by atoms with Gasteiger partial charge in [0.1, 0.15) is 11.3 Å². The average molecular weight is 236 g/mol. The van der Waals surface area contributed by atoms with Gasteiger partial charge in [0.15, 0.2) is 6.26 Å². The first-order chi connectivity index (χ1) is 6.97. The fraction of sp³-hybridized carbons (Fsp3) is 0.111. The molecule has 0 unspecified atom stereocenters. The van der Waals surface area contributed by atoms with Crippen LogP contribution in [0.3, 0.4) is 0 Å². The van der Waals surface area contributed by atoms with Gasteiger partial charge in [-0.15, -0.1) is 13.2 Å². The zero-order valence-electron chi connectivity index (χ0n) is 7.06. The fourth-order valence-electron chi connectivity index (χ4n) is 1.13. The van der Waals surface area contributed by atoms with E-state index in [1.165, 1.54) is 12.1 Å². The van der Waals surface area contributed by atoms with Gasteiger partial charge >= 0.3 is 6.36 Å². The predicted octanol–water partition coefficient (Wildman–Crippen LogP) is 3.78. The van der Waals surface area contributed by atoms with Crippen LogP contribution >= 0.6 is 11.6 Å². The molecule has 0 fully saturated rings. The highest BCUT2D eigenvalue weighted by Crippen LogP contribution is 2.35. The van der Waals surface area contributed by atoms with Crippen molar-refractivity contribution in [3.05, 3.63) is 29.5 Å². The van der Waals surface area contributed by atoms with E-state index in [1.807, 2.05) is 0 Å². The number of fused-ring (bicyclic) bond motifs is 1. The number of benzene rings is 1. The lowest BCUT2D eigenvalue weighted by Gasteiger charge is -2.10. The van der Waals surface area contributed by atoms with E-state index in [0.717, 1.165) is 6.07 Å². The average Bonchev–Trinajstić information content (AvgIpc) is 2.56. The molecule has 0 amide bonds. The van der Waals surface area contributed by atoms with Gasteiger partial charge in [0.25, 0.3) is 0 Å². The van der Waals surface area contributed by atoms with Crippen molar-refractivity contribution in [1.82, 2.24) is 0 Å². The van der Waals surface area contributed by atoms with E-state index in [4.69, 9.17) is 16.0 Å². The number of halogens is 4. The Morgan fingerprint density at radius 3 is 2.73 bits per heavy atom. The highest BCUT2D eigenvalue weighted by molar-refractivity contribution is 6.36. The van der Waals surface area contributed by atoms with Crippen molar-refractivity contribution in [3.63, 3.8) is 0 Å². The minimum Gasteiger partial charge on any atom is -0.453 e. The molecule has 1 radical (unpaired) electrons. The second kappa shape index (κ2) is 3.34. The maximum absolute atomic E-state index is 11.9. The van der Waals surface area contributed by atoms with Crippen LogP contribution in [0, 0.1) is 6.26 Å². The zero-order chi connectivity index (χ0) is 11.1. The molecule has 0 spiro atoms. The van der Waals surface area contributed by atoms with Gasteiger partial charge in [0.05, 0.1) is 5.02 Å². The molecule has 0 aliphatic rings. The largest absolute Gasteiger partial charge is 0.573 e. The van der Waals surface area contributed by atoms with Crippen molar-refractivity contribution in [2.75, 3.05) is 0 Å². The molecule has 0 atom stereocenters. The SMILES string of the molecule is FC(F)(F)Oc1ccc2o[c]cc2c1Cl. The molecule has 15 heavy (non-hydrogen) atoms. The number of furan rings is 1. The van der Waals surface area contributed by atoms with E-state index in [2.05, 4.69) is 11.0 Å². The minimum absolute atomic E-state index is 0.144. The van der Waals surface area contributed by atoms with Gasteiger partial charge in [-0.2, -0.15) is 0 Å². The topological polar surface area (TPSA) is 22.4 Å². The summed E-state index contributed by atoms with van der Waals surface area (Å²) in [7, 11) is 0. The molecule has 1 aromatic heterocycles. The molecular formula is C9H3ClF3O2. The molecule has 0 aliphatic carbocycles. The summed E-state index contributed by atoms with van der Waals surface area (Å²) in [6.45, 7) is 0. The van der Waals surface area contributed by atoms with Crippen LogP contribution in [-0.2, 0) is 0 Å². The van der Waals surface area contributed by atoms with Crippen LogP contribution in [0.15, 0.2) is 22.6 Å². The van der Waals surface area contributed by atoms with Gasteiger partial charge in [-0.25, -0.2) is 0 Å². The summed E-state index contributed by atoms with van der Waals surface area (Å²) in [5.41, 5.74) is 0.356. The molecule has 0 saturated carbocycles. The van der Waals surface area contributed by atoms with Crippen molar-refractivity contribution in [1.29, 1.82) is 0 Å². The summed E-state index contributed by atoms with van der Waals surface area (Å²) < 4.78 is 44.4. The zero-order valence-corrected chi connectivity index (χ0v) is 7.82. The van der Waals surface area contributed by atoms with Crippen molar-refractivity contribution >= 4 is 22.6 Å². The van der Waals surface area contributed by atoms with Crippen molar-refractivity contribution < 1.29 is 22.3 Å². The van der Waals surface area contributed by atoms with E-state index in [1.54, 1.807) is 0 Å². The van der Waals surface area contributed by atoms with Gasteiger partial charge in [-0.05, 0) is 18.2 Å². The van der Waals surface area contributed by atoms with Crippen LogP contribution in [0.25, 0.3) is 11.0 Å². The monoisotopic (exact) mass is 235 g/mol. The number of ether oxygens (including phenoxy) is 1. The Morgan fingerprint density at radius 2 is 2.07 bits per heavy atom. The van der Waals surface area contributed by atoms with E-state index in [-0.39, 0.29) is 5.02 Å². The predicted molar refractivity (Wildman–Crippen MR) is 46.7 cm³/mol. The first-order valence-corrected chi connectivity index (χ1v) is 4.19. The van der Waals surface area contributed by atoms with E-state index in [9.17, 15) is 13.2 Å². The van der Waals surface area contributed by atoms with Crippen LogP contribution in [0.4, 0.5) is 13.2 Å². The first-order valence-electron chi connectivity index (χ1n) is 3.81. The third-order valence-electron chi connectivity index (χ3n) is 1.70. The maximum Gasteiger partial charge on any atom is 0.573 e. The van der Waals surface area contributed by atoms with Crippen LogP contribution < -0.4 is 4.74 Å². The summed E-state index contributed by atoms with van der Waals surface area (Å²) >= 11 is 5.68. The van der Waals surface area contributed by atoms with E-state index < -0.39 is 12.1 Å². The van der Waals surface area contributed by atoms with Gasteiger partial charge in [-0.3, -0.25) is 0 Å². The highest BCUT2D eigenvalue weighted by atomic mass is 35.5. The van der Waals surface area contributed by atoms with Crippen molar-refractivity contribution in [2.45, 2.75) is 6.36 Å². The molecule has 0 saturated heterocycles. The molecule has 6 heteroatoms. The van der Waals surface area contributed by atoms with Crippen LogP contribution in [0.1, 0.15) is 0 Å². The van der Waals surface area contributed by atoms with Gasteiger partial charge in [0, 0.05) is 5.39 Å². The number of hydrogen-bond donors (Lipinski definition) is 0. The molecule has 0 aliphatic heterocycles. The van der Waals surface area contributed by atoms with Crippen molar-refractivity contribution in [3.8, 4) is 5.75 Å². The summed E-state index contributed by atoms with van der Waals surface area (Å²) in [5, 5.41) is 0.188. The lowest BCUT2D eigenvalue weighted by molar-refractivity contribution is -0.274. The Hall–Kier alpha value is -1.36. The Labute approximate surface area is 87.2 Å². The van der Waals surface area contributed by atoms with E-state index >= 15 is 0 Å². The summed E-state index contributed by atoms with van der Waals surface area (Å²) in [4.78, 5) is 0. The normalized spacial score (nSPS) is 12.0. The minimum atomic E-state index is -4.76. The fourth-order valence-corrected chi connectivity index (χ4v) is 1.38. The molecule has 2 aromatic rings. The van der Waals surface area contributed by atoms with Crippen LogP contribution in [-0.4, -0.2) is 6.36 Å². The maximum atomic E-state index is 11.9. The quantitative estimate of drug-likeness (QED) is 0.750. The Bertz CT molecular complexity index is 490. The lowest BCUT2D eigenvalue weighted by Crippen LogP contribution is -2.17. The molecule has 0 bridgehead atoms. The summed E-state index contributed by atoms with van der Waals surface area (Å²) in [5.74, 6) is -0.452. The van der Waals surface area contributed by atoms with Gasteiger partial charge < -0.3 is 9.15 Å².